The average Bonchev–Trinajstić information content (AvgIpc) is 2.78. The fourth-order valence-electron chi connectivity index (χ4n) is 3.85. The number of nitrogens with one attached hydrogen (secondary N) is 2. The first-order chi connectivity index (χ1) is 16.6. The zero-order chi connectivity index (χ0) is 25.4. The number of benzene rings is 2. The number of ether oxygens (including phenoxy) is 1. The SMILES string of the molecule is CC(CNCCCNC(=O)OC(C)(C)C)Cc1oc2cc(Cl)ccc2c(=O)c1Cc1ccccc1. The van der Waals surface area contributed by atoms with Gasteiger partial charge in [0.1, 0.15) is 16.9 Å². The van der Waals surface area contributed by atoms with Crippen LogP contribution in [0.2, 0.25) is 5.02 Å². The number of carbonyl (C=O) groups excluding carboxylic acids is 1. The van der Waals surface area contributed by atoms with Gasteiger partial charge in [-0.15, -0.1) is 0 Å². The van der Waals surface area contributed by atoms with E-state index in [9.17, 15) is 9.59 Å². The third-order valence-corrected chi connectivity index (χ3v) is 5.72. The summed E-state index contributed by atoms with van der Waals surface area (Å²) in [5.41, 5.74) is 1.77. The molecule has 0 saturated carbocycles. The first kappa shape index (κ1) is 26.8. The van der Waals surface area contributed by atoms with Crippen LogP contribution in [-0.2, 0) is 17.6 Å². The molecule has 35 heavy (non-hydrogen) atoms. The monoisotopic (exact) mass is 498 g/mol. The number of rotatable bonds is 10. The van der Waals surface area contributed by atoms with Crippen molar-refractivity contribution >= 4 is 28.7 Å². The number of amides is 1. The van der Waals surface area contributed by atoms with Crippen molar-refractivity contribution in [2.24, 2.45) is 5.92 Å². The average molecular weight is 499 g/mol. The molecule has 2 aromatic carbocycles. The van der Waals surface area contributed by atoms with E-state index in [1.165, 1.54) is 0 Å². The van der Waals surface area contributed by atoms with Crippen molar-refractivity contribution in [1.29, 1.82) is 0 Å². The smallest absolute Gasteiger partial charge is 0.407 e. The van der Waals surface area contributed by atoms with Crippen LogP contribution < -0.4 is 16.1 Å². The highest BCUT2D eigenvalue weighted by Gasteiger charge is 2.18. The largest absolute Gasteiger partial charge is 0.460 e. The van der Waals surface area contributed by atoms with E-state index in [4.69, 9.17) is 20.8 Å². The molecule has 3 aromatic rings. The number of hydrogen-bond acceptors (Lipinski definition) is 5. The molecule has 0 saturated heterocycles. The molecule has 7 heteroatoms. The summed E-state index contributed by atoms with van der Waals surface area (Å²) in [7, 11) is 0. The summed E-state index contributed by atoms with van der Waals surface area (Å²) in [4.78, 5) is 25.1. The van der Waals surface area contributed by atoms with Gasteiger partial charge in [0.15, 0.2) is 5.43 Å². The Morgan fingerprint density at radius 3 is 2.57 bits per heavy atom. The Balaban J connectivity index is 1.61. The molecule has 6 nitrogen and oxygen atoms in total. The molecule has 188 valence electrons. The fraction of sp³-hybridized carbons (Fsp3) is 0.429. The van der Waals surface area contributed by atoms with E-state index in [-0.39, 0.29) is 11.3 Å². The Morgan fingerprint density at radius 2 is 1.86 bits per heavy atom. The Hall–Kier alpha value is -2.83. The van der Waals surface area contributed by atoms with E-state index in [0.717, 1.165) is 25.1 Å². The molecule has 1 unspecified atom stereocenters. The summed E-state index contributed by atoms with van der Waals surface area (Å²) in [6.07, 6.45) is 1.54. The van der Waals surface area contributed by atoms with Crippen LogP contribution in [0.4, 0.5) is 4.79 Å². The Labute approximate surface area is 212 Å². The van der Waals surface area contributed by atoms with Gasteiger partial charge < -0.3 is 19.8 Å². The highest BCUT2D eigenvalue weighted by Crippen LogP contribution is 2.23. The van der Waals surface area contributed by atoms with Crippen LogP contribution in [0.3, 0.4) is 0 Å². The highest BCUT2D eigenvalue weighted by atomic mass is 35.5. The fourth-order valence-corrected chi connectivity index (χ4v) is 4.01. The number of hydrogen-bond donors (Lipinski definition) is 2. The van der Waals surface area contributed by atoms with Gasteiger partial charge in [0.2, 0.25) is 0 Å². The molecule has 1 atom stereocenters. The van der Waals surface area contributed by atoms with E-state index in [0.29, 0.717) is 46.7 Å². The number of fused-ring (bicyclic) bond motifs is 1. The molecule has 1 heterocycles. The molecular weight excluding hydrogens is 464 g/mol. The highest BCUT2D eigenvalue weighted by molar-refractivity contribution is 6.31. The molecule has 0 aliphatic rings. The van der Waals surface area contributed by atoms with E-state index in [2.05, 4.69) is 17.6 Å². The molecule has 0 radical (unpaired) electrons. The van der Waals surface area contributed by atoms with E-state index >= 15 is 0 Å². The Kier molecular flexibility index (Phi) is 9.35. The van der Waals surface area contributed by atoms with Gasteiger partial charge in [-0.1, -0.05) is 48.9 Å². The molecule has 0 aliphatic carbocycles. The second-order valence-electron chi connectivity index (χ2n) is 9.93. The zero-order valence-corrected chi connectivity index (χ0v) is 21.7. The minimum atomic E-state index is -0.500. The lowest BCUT2D eigenvalue weighted by Gasteiger charge is -2.19. The standard InChI is InChI=1S/C28H35ClN2O4/c1-19(18-30-13-8-14-31-27(33)35-28(2,3)4)15-24-23(16-20-9-6-5-7-10-20)26(32)22-12-11-21(29)17-25(22)34-24/h5-7,9-12,17,19,30H,8,13-16,18H2,1-4H3,(H,31,33). The normalized spacial score (nSPS) is 12.5. The van der Waals surface area contributed by atoms with E-state index < -0.39 is 11.7 Å². The quantitative estimate of drug-likeness (QED) is 0.349. The third-order valence-electron chi connectivity index (χ3n) is 5.48. The van der Waals surface area contributed by atoms with Gasteiger partial charge in [0.05, 0.1) is 5.39 Å². The van der Waals surface area contributed by atoms with Gasteiger partial charge in [-0.25, -0.2) is 4.79 Å². The van der Waals surface area contributed by atoms with Crippen molar-refractivity contribution in [3.63, 3.8) is 0 Å². The van der Waals surface area contributed by atoms with Crippen LogP contribution in [0.5, 0.6) is 0 Å². The molecule has 0 bridgehead atoms. The molecule has 1 amide bonds. The maximum Gasteiger partial charge on any atom is 0.407 e. The minimum Gasteiger partial charge on any atom is -0.460 e. The second-order valence-corrected chi connectivity index (χ2v) is 10.4. The van der Waals surface area contributed by atoms with Crippen molar-refractivity contribution in [2.75, 3.05) is 19.6 Å². The molecule has 0 spiro atoms. The van der Waals surface area contributed by atoms with Gasteiger partial charge in [0.25, 0.3) is 0 Å². The molecule has 3 rings (SSSR count). The molecular formula is C28H35ClN2O4. The molecule has 1 aromatic heterocycles. The molecule has 0 aliphatic heterocycles. The van der Waals surface area contributed by atoms with Gasteiger partial charge >= 0.3 is 6.09 Å². The van der Waals surface area contributed by atoms with Crippen LogP contribution in [0.15, 0.2) is 57.7 Å². The summed E-state index contributed by atoms with van der Waals surface area (Å²) in [5, 5.41) is 7.28. The van der Waals surface area contributed by atoms with Gasteiger partial charge in [-0.05, 0) is 63.9 Å². The van der Waals surface area contributed by atoms with E-state index in [1.807, 2.05) is 51.1 Å². The number of alkyl carbamates (subject to hydrolysis) is 1. The lowest BCUT2D eigenvalue weighted by atomic mass is 9.97. The van der Waals surface area contributed by atoms with Crippen molar-refractivity contribution in [3.05, 3.63) is 80.7 Å². The predicted octanol–water partition coefficient (Wildman–Crippen LogP) is 5.72. The lowest BCUT2D eigenvalue weighted by molar-refractivity contribution is 0.0527. The number of halogens is 1. The topological polar surface area (TPSA) is 80.6 Å². The Morgan fingerprint density at radius 1 is 1.11 bits per heavy atom. The summed E-state index contributed by atoms with van der Waals surface area (Å²) >= 11 is 6.15. The van der Waals surface area contributed by atoms with Crippen molar-refractivity contribution < 1.29 is 13.9 Å². The maximum absolute atomic E-state index is 13.4. The van der Waals surface area contributed by atoms with Crippen LogP contribution in [0, 0.1) is 5.92 Å². The van der Waals surface area contributed by atoms with Crippen LogP contribution in [-0.4, -0.2) is 31.3 Å². The van der Waals surface area contributed by atoms with Crippen molar-refractivity contribution in [3.8, 4) is 0 Å². The van der Waals surface area contributed by atoms with Crippen molar-refractivity contribution in [1.82, 2.24) is 10.6 Å². The number of carbonyl (C=O) groups is 1. The molecule has 2 N–H and O–H groups in total. The second kappa shape index (κ2) is 12.2. The van der Waals surface area contributed by atoms with Gasteiger partial charge in [0, 0.05) is 36.0 Å². The first-order valence-electron chi connectivity index (χ1n) is 12.1. The van der Waals surface area contributed by atoms with Crippen molar-refractivity contribution in [2.45, 2.75) is 52.6 Å². The predicted molar refractivity (Wildman–Crippen MR) is 141 cm³/mol. The summed E-state index contributed by atoms with van der Waals surface area (Å²) in [6, 6.07) is 15.1. The third kappa shape index (κ3) is 8.41. The maximum atomic E-state index is 13.4. The van der Waals surface area contributed by atoms with Crippen LogP contribution in [0.25, 0.3) is 11.0 Å². The summed E-state index contributed by atoms with van der Waals surface area (Å²) in [5.74, 6) is 0.942. The van der Waals surface area contributed by atoms with Gasteiger partial charge in [-0.2, -0.15) is 0 Å². The first-order valence-corrected chi connectivity index (χ1v) is 12.5. The zero-order valence-electron chi connectivity index (χ0n) is 20.9. The van der Waals surface area contributed by atoms with Crippen LogP contribution in [0.1, 0.15) is 51.0 Å². The summed E-state index contributed by atoms with van der Waals surface area (Å²) in [6.45, 7) is 9.70. The molecule has 0 fully saturated rings. The van der Waals surface area contributed by atoms with E-state index in [1.54, 1.807) is 18.2 Å². The summed E-state index contributed by atoms with van der Waals surface area (Å²) < 4.78 is 11.5. The van der Waals surface area contributed by atoms with Gasteiger partial charge in [-0.3, -0.25) is 4.79 Å². The lowest BCUT2D eigenvalue weighted by Crippen LogP contribution is -2.34. The Bertz CT molecular complexity index is 1190. The minimum absolute atomic E-state index is 0.00449. The van der Waals surface area contributed by atoms with Crippen LogP contribution >= 0.6 is 11.6 Å².